The van der Waals surface area contributed by atoms with Crippen LogP contribution in [0.1, 0.15) is 11.3 Å². The minimum absolute atomic E-state index is 0.0168. The van der Waals surface area contributed by atoms with Crippen LogP contribution in [0.15, 0.2) is 29.1 Å². The lowest BCUT2D eigenvalue weighted by Crippen LogP contribution is -2.14. The molecule has 0 spiro atoms. The number of aromatic amines is 1. The summed E-state index contributed by atoms with van der Waals surface area (Å²) < 4.78 is 2.74. The van der Waals surface area contributed by atoms with Crippen molar-refractivity contribution in [2.45, 2.75) is 13.8 Å². The molecule has 0 aliphatic heterocycles. The Kier molecular flexibility index (Phi) is 2.68. The monoisotopic (exact) mass is 314 g/mol. The van der Waals surface area contributed by atoms with E-state index in [9.17, 15) is 4.79 Å². The lowest BCUT2D eigenvalue weighted by molar-refractivity contribution is 0.828. The van der Waals surface area contributed by atoms with Gasteiger partial charge in [-0.2, -0.15) is 0 Å². The number of hydrogen-bond acceptors (Lipinski definition) is 1. The molecule has 2 rings (SSSR count). The molecule has 0 amide bonds. The van der Waals surface area contributed by atoms with Gasteiger partial charge in [0, 0.05) is 15.3 Å². The molecule has 2 aromatic rings. The van der Waals surface area contributed by atoms with Crippen LogP contribution in [0, 0.1) is 17.4 Å². The molecule has 1 heterocycles. The normalized spacial score (nSPS) is 10.6. The Morgan fingerprint density at radius 3 is 2.53 bits per heavy atom. The minimum atomic E-state index is -0.0168. The van der Waals surface area contributed by atoms with Crippen LogP contribution in [0.2, 0.25) is 0 Å². The highest BCUT2D eigenvalue weighted by Crippen LogP contribution is 2.15. The Morgan fingerprint density at radius 2 is 2.00 bits per heavy atom. The summed E-state index contributed by atoms with van der Waals surface area (Å²) in [6.45, 7) is 3.88. The SMILES string of the molecule is Cc1cc(=O)n(-c2ccc(I)cc2C)[nH]1. The van der Waals surface area contributed by atoms with Crippen LogP contribution in [-0.4, -0.2) is 9.78 Å². The van der Waals surface area contributed by atoms with Crippen LogP contribution in [-0.2, 0) is 0 Å². The number of benzene rings is 1. The summed E-state index contributed by atoms with van der Waals surface area (Å²) >= 11 is 2.26. The summed E-state index contributed by atoms with van der Waals surface area (Å²) in [6, 6.07) is 7.59. The Balaban J connectivity index is 2.64. The van der Waals surface area contributed by atoms with E-state index >= 15 is 0 Å². The molecule has 0 radical (unpaired) electrons. The van der Waals surface area contributed by atoms with Crippen LogP contribution in [0.4, 0.5) is 0 Å². The molecule has 0 bridgehead atoms. The largest absolute Gasteiger partial charge is 0.295 e. The maximum atomic E-state index is 11.6. The van der Waals surface area contributed by atoms with Crippen LogP contribution < -0.4 is 5.56 Å². The van der Waals surface area contributed by atoms with E-state index in [0.717, 1.165) is 16.9 Å². The molecule has 78 valence electrons. The van der Waals surface area contributed by atoms with Crippen LogP contribution in [0.5, 0.6) is 0 Å². The van der Waals surface area contributed by atoms with Gasteiger partial charge in [0.2, 0.25) is 0 Å². The number of nitrogens with one attached hydrogen (secondary N) is 1. The Bertz CT molecular complexity index is 554. The van der Waals surface area contributed by atoms with Crippen molar-refractivity contribution >= 4 is 22.6 Å². The van der Waals surface area contributed by atoms with E-state index in [0.29, 0.717) is 0 Å². The van der Waals surface area contributed by atoms with Crippen molar-refractivity contribution in [1.29, 1.82) is 0 Å². The molecule has 0 atom stereocenters. The van der Waals surface area contributed by atoms with Crippen molar-refractivity contribution in [2.24, 2.45) is 0 Å². The number of hydrogen-bond donors (Lipinski definition) is 1. The third-order valence-corrected chi connectivity index (χ3v) is 2.92. The predicted molar refractivity (Wildman–Crippen MR) is 68.6 cm³/mol. The van der Waals surface area contributed by atoms with E-state index in [1.807, 2.05) is 26.0 Å². The maximum Gasteiger partial charge on any atom is 0.271 e. The third-order valence-electron chi connectivity index (χ3n) is 2.25. The van der Waals surface area contributed by atoms with Crippen molar-refractivity contribution < 1.29 is 0 Å². The highest BCUT2D eigenvalue weighted by molar-refractivity contribution is 14.1. The lowest BCUT2D eigenvalue weighted by Gasteiger charge is -2.06. The zero-order valence-electron chi connectivity index (χ0n) is 8.54. The van der Waals surface area contributed by atoms with Gasteiger partial charge in [0.15, 0.2) is 0 Å². The second-order valence-electron chi connectivity index (χ2n) is 3.54. The summed E-state index contributed by atoms with van der Waals surface area (Å²) in [6.07, 6.45) is 0. The molecule has 15 heavy (non-hydrogen) atoms. The maximum absolute atomic E-state index is 11.6. The summed E-state index contributed by atoms with van der Waals surface area (Å²) in [5.74, 6) is 0. The molecule has 1 aromatic carbocycles. The quantitative estimate of drug-likeness (QED) is 0.807. The first-order chi connectivity index (χ1) is 7.08. The molecule has 0 unspecified atom stereocenters. The summed E-state index contributed by atoms with van der Waals surface area (Å²) in [5, 5.41) is 3.02. The molecule has 0 saturated heterocycles. The first-order valence-electron chi connectivity index (χ1n) is 4.63. The Labute approximate surface area is 101 Å². The van der Waals surface area contributed by atoms with E-state index in [1.165, 1.54) is 3.57 Å². The highest BCUT2D eigenvalue weighted by Gasteiger charge is 2.05. The van der Waals surface area contributed by atoms with E-state index in [-0.39, 0.29) is 5.56 Å². The van der Waals surface area contributed by atoms with Crippen molar-refractivity contribution in [3.8, 4) is 5.69 Å². The number of halogens is 1. The van der Waals surface area contributed by atoms with Gasteiger partial charge in [0.05, 0.1) is 5.69 Å². The average molecular weight is 314 g/mol. The number of H-pyrrole nitrogens is 1. The molecule has 0 saturated carbocycles. The number of nitrogens with zero attached hydrogens (tertiary/aromatic N) is 1. The number of rotatable bonds is 1. The summed E-state index contributed by atoms with van der Waals surface area (Å²) in [5.41, 5.74) is 2.86. The second-order valence-corrected chi connectivity index (χ2v) is 4.79. The molecule has 3 nitrogen and oxygen atoms in total. The van der Waals surface area contributed by atoms with Gasteiger partial charge in [-0.3, -0.25) is 9.89 Å². The molecule has 1 aromatic heterocycles. The summed E-state index contributed by atoms with van der Waals surface area (Å²) in [7, 11) is 0. The van der Waals surface area contributed by atoms with Crippen molar-refractivity contribution in [3.63, 3.8) is 0 Å². The van der Waals surface area contributed by atoms with Gasteiger partial charge >= 0.3 is 0 Å². The number of aryl methyl sites for hydroxylation is 2. The van der Waals surface area contributed by atoms with Gasteiger partial charge < -0.3 is 0 Å². The van der Waals surface area contributed by atoms with E-state index < -0.39 is 0 Å². The van der Waals surface area contributed by atoms with Gasteiger partial charge in [0.1, 0.15) is 0 Å². The van der Waals surface area contributed by atoms with Crippen molar-refractivity contribution in [2.75, 3.05) is 0 Å². The minimum Gasteiger partial charge on any atom is -0.295 e. The zero-order valence-corrected chi connectivity index (χ0v) is 10.7. The Morgan fingerprint density at radius 1 is 1.27 bits per heavy atom. The van der Waals surface area contributed by atoms with Gasteiger partial charge in [-0.05, 0) is 60.2 Å². The van der Waals surface area contributed by atoms with Crippen molar-refractivity contribution in [1.82, 2.24) is 9.78 Å². The lowest BCUT2D eigenvalue weighted by atomic mass is 10.2. The van der Waals surface area contributed by atoms with E-state index in [4.69, 9.17) is 0 Å². The molecule has 0 fully saturated rings. The molecule has 0 aliphatic carbocycles. The topological polar surface area (TPSA) is 37.8 Å². The fraction of sp³-hybridized carbons (Fsp3) is 0.182. The van der Waals surface area contributed by atoms with Crippen molar-refractivity contribution in [3.05, 3.63) is 49.4 Å². The molecule has 4 heteroatoms. The summed E-state index contributed by atoms with van der Waals surface area (Å²) in [4.78, 5) is 11.6. The van der Waals surface area contributed by atoms with Crippen LogP contribution >= 0.6 is 22.6 Å². The molecule has 0 aliphatic rings. The van der Waals surface area contributed by atoms with Gasteiger partial charge in [-0.15, -0.1) is 0 Å². The number of aromatic nitrogens is 2. The van der Waals surface area contributed by atoms with Crippen LogP contribution in [0.3, 0.4) is 0 Å². The van der Waals surface area contributed by atoms with E-state index in [2.05, 4.69) is 33.8 Å². The Hall–Kier alpha value is -1.04. The highest BCUT2D eigenvalue weighted by atomic mass is 127. The molecular weight excluding hydrogens is 303 g/mol. The molecule has 1 N–H and O–H groups in total. The average Bonchev–Trinajstić information content (AvgIpc) is 2.45. The predicted octanol–water partition coefficient (Wildman–Crippen LogP) is 2.39. The second kappa shape index (κ2) is 3.84. The zero-order chi connectivity index (χ0) is 11.0. The fourth-order valence-electron chi connectivity index (χ4n) is 1.56. The van der Waals surface area contributed by atoms with Gasteiger partial charge in [0.25, 0.3) is 5.56 Å². The first kappa shape index (κ1) is 10.5. The fourth-order valence-corrected chi connectivity index (χ4v) is 2.21. The van der Waals surface area contributed by atoms with E-state index in [1.54, 1.807) is 10.7 Å². The first-order valence-corrected chi connectivity index (χ1v) is 5.71. The van der Waals surface area contributed by atoms with Gasteiger partial charge in [-0.1, -0.05) is 0 Å². The third kappa shape index (κ3) is 1.99. The smallest absolute Gasteiger partial charge is 0.271 e. The van der Waals surface area contributed by atoms with Crippen LogP contribution in [0.25, 0.3) is 5.69 Å². The standard InChI is InChI=1S/C11H11IN2O/c1-7-5-9(12)3-4-10(7)14-11(15)6-8(2)13-14/h3-6,13H,1-2H3. The molecular formula is C11H11IN2O. The van der Waals surface area contributed by atoms with Gasteiger partial charge in [-0.25, -0.2) is 4.68 Å².